The van der Waals surface area contributed by atoms with Crippen molar-refractivity contribution in [3.05, 3.63) is 53.1 Å². The highest BCUT2D eigenvalue weighted by Gasteiger charge is 2.13. The Kier molecular flexibility index (Phi) is 2.99. The van der Waals surface area contributed by atoms with Crippen LogP contribution in [0.4, 0.5) is 14.6 Å². The van der Waals surface area contributed by atoms with E-state index >= 15 is 0 Å². The van der Waals surface area contributed by atoms with E-state index in [2.05, 4.69) is 9.97 Å². The van der Waals surface area contributed by atoms with Crippen LogP contribution in [0.1, 0.15) is 0 Å². The van der Waals surface area contributed by atoms with Gasteiger partial charge < -0.3 is 5.73 Å². The molecule has 0 unspecified atom stereocenters. The lowest BCUT2D eigenvalue weighted by molar-refractivity contribution is 0.628. The van der Waals surface area contributed by atoms with Gasteiger partial charge in [-0.15, -0.1) is 0 Å². The molecule has 3 aromatic rings. The minimum Gasteiger partial charge on any atom is -0.383 e. The summed E-state index contributed by atoms with van der Waals surface area (Å²) in [7, 11) is 0. The molecule has 3 nitrogen and oxygen atoms in total. The molecule has 2 aromatic carbocycles. The number of nitrogen functional groups attached to an aromatic ring is 1. The van der Waals surface area contributed by atoms with Crippen molar-refractivity contribution in [3.8, 4) is 11.4 Å². The van der Waals surface area contributed by atoms with Crippen LogP contribution in [0.5, 0.6) is 0 Å². The van der Waals surface area contributed by atoms with Crippen LogP contribution in [-0.2, 0) is 0 Å². The summed E-state index contributed by atoms with van der Waals surface area (Å²) in [5, 5.41) is 0.328. The summed E-state index contributed by atoms with van der Waals surface area (Å²) in [4.78, 5) is 8.30. The van der Waals surface area contributed by atoms with Crippen LogP contribution in [0.3, 0.4) is 0 Å². The van der Waals surface area contributed by atoms with E-state index < -0.39 is 11.6 Å². The maximum atomic E-state index is 13.5. The number of nitrogens with zero attached hydrogens (tertiary/aromatic N) is 2. The van der Waals surface area contributed by atoms with Gasteiger partial charge in [-0.3, -0.25) is 0 Å². The Morgan fingerprint density at radius 1 is 1.05 bits per heavy atom. The third-order valence-corrected chi connectivity index (χ3v) is 3.26. The lowest BCUT2D eigenvalue weighted by Crippen LogP contribution is -1.99. The number of hydrogen-bond donors (Lipinski definition) is 1. The Hall–Kier alpha value is -2.27. The van der Waals surface area contributed by atoms with Gasteiger partial charge in [0, 0.05) is 10.9 Å². The van der Waals surface area contributed by atoms with Crippen molar-refractivity contribution in [2.24, 2.45) is 0 Å². The summed E-state index contributed by atoms with van der Waals surface area (Å²) in [5.41, 5.74) is 6.60. The molecule has 2 N–H and O–H groups in total. The fraction of sp³-hybridized carbons (Fsp3) is 0. The fourth-order valence-corrected chi connectivity index (χ4v) is 2.13. The highest BCUT2D eigenvalue weighted by atomic mass is 35.5. The normalized spacial score (nSPS) is 10.9. The second-order valence-electron chi connectivity index (χ2n) is 4.20. The number of nitrogens with two attached hydrogens (primary N) is 1. The smallest absolute Gasteiger partial charge is 0.163 e. The minimum atomic E-state index is -0.564. The summed E-state index contributed by atoms with van der Waals surface area (Å²) in [5.74, 6) is -0.675. The topological polar surface area (TPSA) is 51.8 Å². The van der Waals surface area contributed by atoms with Gasteiger partial charge in [0.2, 0.25) is 0 Å². The van der Waals surface area contributed by atoms with Gasteiger partial charge >= 0.3 is 0 Å². The van der Waals surface area contributed by atoms with Crippen molar-refractivity contribution in [2.75, 3.05) is 5.73 Å². The molecule has 6 heteroatoms. The molecule has 0 aliphatic rings. The third-order valence-electron chi connectivity index (χ3n) is 2.88. The van der Waals surface area contributed by atoms with Crippen molar-refractivity contribution < 1.29 is 8.78 Å². The molecule has 3 rings (SSSR count). The van der Waals surface area contributed by atoms with E-state index in [1.807, 2.05) is 0 Å². The number of anilines is 1. The molecule has 0 bridgehead atoms. The molecule has 0 radical (unpaired) electrons. The Morgan fingerprint density at radius 2 is 1.85 bits per heavy atom. The first kappa shape index (κ1) is 12.7. The van der Waals surface area contributed by atoms with Gasteiger partial charge in [0.15, 0.2) is 5.82 Å². The average molecular weight is 292 g/mol. The predicted octanol–water partition coefficient (Wildman–Crippen LogP) is 3.81. The maximum Gasteiger partial charge on any atom is 0.163 e. The van der Waals surface area contributed by atoms with E-state index in [-0.39, 0.29) is 16.7 Å². The Labute approximate surface area is 118 Å². The molecular weight excluding hydrogens is 284 g/mol. The van der Waals surface area contributed by atoms with Crippen LogP contribution in [0, 0.1) is 11.6 Å². The molecular formula is C14H8ClF2N3. The monoisotopic (exact) mass is 291 g/mol. The van der Waals surface area contributed by atoms with Crippen LogP contribution >= 0.6 is 11.6 Å². The molecule has 0 atom stereocenters. The van der Waals surface area contributed by atoms with Crippen molar-refractivity contribution in [2.45, 2.75) is 0 Å². The van der Waals surface area contributed by atoms with E-state index in [0.717, 1.165) is 0 Å². The zero-order chi connectivity index (χ0) is 14.3. The van der Waals surface area contributed by atoms with Crippen molar-refractivity contribution >= 4 is 28.3 Å². The van der Waals surface area contributed by atoms with Crippen molar-refractivity contribution in [3.63, 3.8) is 0 Å². The Bertz CT molecular complexity index is 821. The first-order valence-corrected chi connectivity index (χ1v) is 6.11. The molecule has 20 heavy (non-hydrogen) atoms. The van der Waals surface area contributed by atoms with Crippen LogP contribution in [-0.4, -0.2) is 9.97 Å². The van der Waals surface area contributed by atoms with E-state index in [0.29, 0.717) is 16.5 Å². The second kappa shape index (κ2) is 4.68. The van der Waals surface area contributed by atoms with E-state index in [1.165, 1.54) is 30.3 Å². The first-order valence-electron chi connectivity index (χ1n) is 5.73. The van der Waals surface area contributed by atoms with Crippen molar-refractivity contribution in [1.82, 2.24) is 9.97 Å². The Balaban J connectivity index is 2.28. The molecule has 0 aliphatic carbocycles. The third kappa shape index (κ3) is 2.06. The first-order chi connectivity index (χ1) is 9.56. The quantitative estimate of drug-likeness (QED) is 0.742. The number of fused-ring (bicyclic) bond motifs is 1. The lowest BCUT2D eigenvalue weighted by atomic mass is 10.1. The molecule has 0 fully saturated rings. The molecule has 0 saturated carbocycles. The van der Waals surface area contributed by atoms with Crippen molar-refractivity contribution in [1.29, 1.82) is 0 Å². The fourth-order valence-electron chi connectivity index (χ4n) is 1.92. The van der Waals surface area contributed by atoms with Gasteiger partial charge in [0.1, 0.15) is 17.5 Å². The van der Waals surface area contributed by atoms with E-state index in [4.69, 9.17) is 17.3 Å². The zero-order valence-electron chi connectivity index (χ0n) is 10.1. The molecule has 0 amide bonds. The minimum absolute atomic E-state index is 0.0756. The van der Waals surface area contributed by atoms with Gasteiger partial charge in [-0.25, -0.2) is 18.7 Å². The molecule has 1 heterocycles. The number of aromatic nitrogens is 2. The summed E-state index contributed by atoms with van der Waals surface area (Å²) in [6.07, 6.45) is 0. The zero-order valence-corrected chi connectivity index (χ0v) is 10.8. The number of benzene rings is 2. The van der Waals surface area contributed by atoms with E-state index in [1.54, 1.807) is 6.07 Å². The maximum absolute atomic E-state index is 13.5. The molecule has 0 spiro atoms. The summed E-state index contributed by atoms with van der Waals surface area (Å²) in [6, 6.07) is 8.35. The molecule has 0 saturated heterocycles. The molecule has 100 valence electrons. The van der Waals surface area contributed by atoms with Crippen LogP contribution < -0.4 is 5.73 Å². The average Bonchev–Trinajstić information content (AvgIpc) is 2.42. The van der Waals surface area contributed by atoms with Crippen LogP contribution in [0.15, 0.2) is 36.4 Å². The van der Waals surface area contributed by atoms with Gasteiger partial charge in [-0.05, 0) is 30.3 Å². The SMILES string of the molecule is Nc1nc(-c2cccc(F)c2Cl)nc2ccc(F)cc12. The van der Waals surface area contributed by atoms with Gasteiger partial charge in [-0.2, -0.15) is 0 Å². The van der Waals surface area contributed by atoms with Crippen LogP contribution in [0.25, 0.3) is 22.3 Å². The molecule has 0 aliphatic heterocycles. The number of halogens is 3. The predicted molar refractivity (Wildman–Crippen MR) is 74.3 cm³/mol. The van der Waals surface area contributed by atoms with Gasteiger partial charge in [0.05, 0.1) is 10.5 Å². The number of rotatable bonds is 1. The number of hydrogen-bond acceptors (Lipinski definition) is 3. The largest absolute Gasteiger partial charge is 0.383 e. The standard InChI is InChI=1S/C14H8ClF2N3/c15-12-8(2-1-3-10(12)17)14-19-11-5-4-7(16)6-9(11)13(18)20-14/h1-6H,(H2,18,19,20). The Morgan fingerprint density at radius 3 is 2.65 bits per heavy atom. The summed E-state index contributed by atoms with van der Waals surface area (Å²) in [6.45, 7) is 0. The van der Waals surface area contributed by atoms with E-state index in [9.17, 15) is 8.78 Å². The summed E-state index contributed by atoms with van der Waals surface area (Å²) >= 11 is 5.90. The lowest BCUT2D eigenvalue weighted by Gasteiger charge is -2.07. The van der Waals surface area contributed by atoms with Crippen LogP contribution in [0.2, 0.25) is 5.02 Å². The van der Waals surface area contributed by atoms with Gasteiger partial charge in [-0.1, -0.05) is 17.7 Å². The highest BCUT2D eigenvalue weighted by molar-refractivity contribution is 6.33. The highest BCUT2D eigenvalue weighted by Crippen LogP contribution is 2.30. The summed E-state index contributed by atoms with van der Waals surface area (Å²) < 4.78 is 26.6. The second-order valence-corrected chi connectivity index (χ2v) is 4.57. The van der Waals surface area contributed by atoms with Gasteiger partial charge in [0.25, 0.3) is 0 Å². The molecule has 1 aromatic heterocycles.